The van der Waals surface area contributed by atoms with E-state index in [2.05, 4.69) is 25.7 Å². The van der Waals surface area contributed by atoms with Gasteiger partial charge in [0.2, 0.25) is 5.91 Å². The van der Waals surface area contributed by atoms with Gasteiger partial charge in [-0.1, -0.05) is 0 Å². The SMILES string of the molecule is Cl.Cl.O=C(NCC1CCCN1c1cccnn1)C1CCNC1. The predicted molar refractivity (Wildman–Crippen MR) is 90.9 cm³/mol. The molecule has 1 aromatic heterocycles. The molecule has 3 heterocycles. The summed E-state index contributed by atoms with van der Waals surface area (Å²) in [4.78, 5) is 14.3. The Morgan fingerprint density at radius 3 is 2.95 bits per heavy atom. The summed E-state index contributed by atoms with van der Waals surface area (Å²) in [5.41, 5.74) is 0. The van der Waals surface area contributed by atoms with Crippen LogP contribution in [0.4, 0.5) is 5.82 Å². The molecule has 8 heteroatoms. The van der Waals surface area contributed by atoms with Crippen molar-refractivity contribution in [3.63, 3.8) is 0 Å². The average molecular weight is 348 g/mol. The molecule has 2 aliphatic heterocycles. The molecule has 3 rings (SSSR count). The zero-order chi connectivity index (χ0) is 13.8. The molecule has 1 amide bonds. The summed E-state index contributed by atoms with van der Waals surface area (Å²) in [7, 11) is 0. The van der Waals surface area contributed by atoms with E-state index in [1.807, 2.05) is 12.1 Å². The van der Waals surface area contributed by atoms with Crippen LogP contribution in [0, 0.1) is 5.92 Å². The minimum atomic E-state index is 0. The van der Waals surface area contributed by atoms with Gasteiger partial charge in [0, 0.05) is 31.9 Å². The molecular weight excluding hydrogens is 325 g/mol. The second kappa shape index (κ2) is 9.12. The molecule has 2 atom stereocenters. The zero-order valence-electron chi connectivity index (χ0n) is 12.4. The molecule has 2 saturated heterocycles. The average Bonchev–Trinajstić information content (AvgIpc) is 3.17. The number of rotatable bonds is 4. The maximum atomic E-state index is 12.0. The number of nitrogens with one attached hydrogen (secondary N) is 2. The smallest absolute Gasteiger partial charge is 0.224 e. The molecule has 2 N–H and O–H groups in total. The van der Waals surface area contributed by atoms with E-state index in [1.54, 1.807) is 6.20 Å². The molecule has 0 aliphatic carbocycles. The van der Waals surface area contributed by atoms with Crippen molar-refractivity contribution in [3.8, 4) is 0 Å². The van der Waals surface area contributed by atoms with Gasteiger partial charge in [-0.15, -0.1) is 29.9 Å². The number of carbonyl (C=O) groups excluding carboxylic acids is 1. The molecule has 124 valence electrons. The van der Waals surface area contributed by atoms with Gasteiger partial charge in [-0.25, -0.2) is 0 Å². The molecule has 2 unspecified atom stereocenters. The van der Waals surface area contributed by atoms with Crippen molar-refractivity contribution in [3.05, 3.63) is 18.3 Å². The third-order valence-corrected chi connectivity index (χ3v) is 4.17. The first-order valence-electron chi connectivity index (χ1n) is 7.37. The monoisotopic (exact) mass is 347 g/mol. The number of carbonyl (C=O) groups is 1. The van der Waals surface area contributed by atoms with Crippen LogP contribution < -0.4 is 15.5 Å². The Kier molecular flexibility index (Phi) is 7.85. The van der Waals surface area contributed by atoms with Crippen molar-refractivity contribution < 1.29 is 4.79 Å². The summed E-state index contributed by atoms with van der Waals surface area (Å²) in [5.74, 6) is 1.23. The second-order valence-electron chi connectivity index (χ2n) is 5.51. The van der Waals surface area contributed by atoms with E-state index in [4.69, 9.17) is 0 Å². The normalized spacial score (nSPS) is 23.5. The van der Waals surface area contributed by atoms with E-state index in [-0.39, 0.29) is 36.6 Å². The Morgan fingerprint density at radius 2 is 2.27 bits per heavy atom. The van der Waals surface area contributed by atoms with Crippen LogP contribution >= 0.6 is 24.8 Å². The van der Waals surface area contributed by atoms with Gasteiger partial charge in [0.05, 0.1) is 5.92 Å². The van der Waals surface area contributed by atoms with Gasteiger partial charge in [-0.2, -0.15) is 5.10 Å². The van der Waals surface area contributed by atoms with Crippen molar-refractivity contribution >= 4 is 36.5 Å². The molecule has 0 spiro atoms. The fraction of sp³-hybridized carbons (Fsp3) is 0.643. The number of anilines is 1. The second-order valence-corrected chi connectivity index (χ2v) is 5.51. The van der Waals surface area contributed by atoms with Crippen LogP contribution in [-0.4, -0.2) is 48.3 Å². The van der Waals surface area contributed by atoms with Gasteiger partial charge in [-0.3, -0.25) is 4.79 Å². The van der Waals surface area contributed by atoms with E-state index in [1.165, 1.54) is 0 Å². The summed E-state index contributed by atoms with van der Waals surface area (Å²) < 4.78 is 0. The molecule has 6 nitrogen and oxygen atoms in total. The lowest BCUT2D eigenvalue weighted by Crippen LogP contribution is -2.42. The van der Waals surface area contributed by atoms with Crippen molar-refractivity contribution in [2.24, 2.45) is 5.92 Å². The van der Waals surface area contributed by atoms with Gasteiger partial charge >= 0.3 is 0 Å². The third kappa shape index (κ3) is 4.44. The van der Waals surface area contributed by atoms with E-state index < -0.39 is 0 Å². The summed E-state index contributed by atoms with van der Waals surface area (Å²) in [5, 5.41) is 14.4. The van der Waals surface area contributed by atoms with Crippen molar-refractivity contribution in [1.29, 1.82) is 0 Å². The largest absolute Gasteiger partial charge is 0.354 e. The molecule has 22 heavy (non-hydrogen) atoms. The van der Waals surface area contributed by atoms with Gasteiger partial charge in [-0.05, 0) is 37.9 Å². The Morgan fingerprint density at radius 1 is 1.41 bits per heavy atom. The lowest BCUT2D eigenvalue weighted by Gasteiger charge is -2.25. The Balaban J connectivity index is 0.00000121. The Bertz CT molecular complexity index is 456. The van der Waals surface area contributed by atoms with Gasteiger partial charge in [0.15, 0.2) is 5.82 Å². The van der Waals surface area contributed by atoms with Crippen LogP contribution in [0.25, 0.3) is 0 Å². The highest BCUT2D eigenvalue weighted by molar-refractivity contribution is 5.85. The van der Waals surface area contributed by atoms with E-state index >= 15 is 0 Å². The lowest BCUT2D eigenvalue weighted by atomic mass is 10.1. The maximum absolute atomic E-state index is 12.0. The minimum Gasteiger partial charge on any atom is -0.354 e. The topological polar surface area (TPSA) is 70.2 Å². The quantitative estimate of drug-likeness (QED) is 0.850. The first kappa shape index (κ1) is 18.9. The molecule has 0 saturated carbocycles. The van der Waals surface area contributed by atoms with Crippen molar-refractivity contribution in [2.45, 2.75) is 25.3 Å². The Labute approximate surface area is 143 Å². The molecular formula is C14H23Cl2N5O. The van der Waals surface area contributed by atoms with Crippen molar-refractivity contribution in [2.75, 3.05) is 31.1 Å². The van der Waals surface area contributed by atoms with Crippen LogP contribution in [0.1, 0.15) is 19.3 Å². The summed E-state index contributed by atoms with van der Waals surface area (Å²) >= 11 is 0. The Hall–Kier alpha value is -1.11. The lowest BCUT2D eigenvalue weighted by molar-refractivity contribution is -0.124. The molecule has 2 aliphatic rings. The van der Waals surface area contributed by atoms with Gasteiger partial charge < -0.3 is 15.5 Å². The predicted octanol–water partition coefficient (Wildman–Crippen LogP) is 1.01. The molecule has 0 bridgehead atoms. The van der Waals surface area contributed by atoms with E-state index in [9.17, 15) is 4.79 Å². The summed E-state index contributed by atoms with van der Waals surface area (Å²) in [6.07, 6.45) is 4.87. The number of hydrogen-bond donors (Lipinski definition) is 2. The van der Waals surface area contributed by atoms with Gasteiger partial charge in [0.25, 0.3) is 0 Å². The molecule has 1 aromatic rings. The first-order valence-corrected chi connectivity index (χ1v) is 7.37. The number of nitrogens with zero attached hydrogens (tertiary/aromatic N) is 3. The first-order chi connectivity index (χ1) is 9.84. The summed E-state index contributed by atoms with van der Waals surface area (Å²) in [6.45, 7) is 3.45. The highest BCUT2D eigenvalue weighted by Crippen LogP contribution is 2.22. The fourth-order valence-electron chi connectivity index (χ4n) is 3.04. The number of hydrogen-bond acceptors (Lipinski definition) is 5. The minimum absolute atomic E-state index is 0. The summed E-state index contributed by atoms with van der Waals surface area (Å²) in [6, 6.07) is 4.22. The molecule has 2 fully saturated rings. The van der Waals surface area contributed by atoms with Crippen LogP contribution in [0.5, 0.6) is 0 Å². The molecule has 0 aromatic carbocycles. The highest BCUT2D eigenvalue weighted by atomic mass is 35.5. The van der Waals surface area contributed by atoms with Crippen LogP contribution in [0.2, 0.25) is 0 Å². The maximum Gasteiger partial charge on any atom is 0.224 e. The van der Waals surface area contributed by atoms with E-state index in [0.29, 0.717) is 12.6 Å². The fourth-order valence-corrected chi connectivity index (χ4v) is 3.04. The number of aromatic nitrogens is 2. The highest BCUT2D eigenvalue weighted by Gasteiger charge is 2.28. The molecule has 0 radical (unpaired) electrons. The number of amides is 1. The number of halogens is 2. The third-order valence-electron chi connectivity index (χ3n) is 4.17. The van der Waals surface area contributed by atoms with Gasteiger partial charge in [0.1, 0.15) is 0 Å². The van der Waals surface area contributed by atoms with Crippen molar-refractivity contribution in [1.82, 2.24) is 20.8 Å². The standard InChI is InChI=1S/C14H21N5O.2ClH/c20-14(11-5-7-15-9-11)16-10-12-3-2-8-19(12)13-4-1-6-17-18-13;;/h1,4,6,11-12,15H,2-3,5,7-10H2,(H,16,20);2*1H. The van der Waals surface area contributed by atoms with E-state index in [0.717, 1.165) is 44.7 Å². The van der Waals surface area contributed by atoms with Crippen LogP contribution in [0.15, 0.2) is 18.3 Å². The van der Waals surface area contributed by atoms with Crippen LogP contribution in [-0.2, 0) is 4.79 Å². The zero-order valence-corrected chi connectivity index (χ0v) is 14.0. The van der Waals surface area contributed by atoms with Crippen LogP contribution in [0.3, 0.4) is 0 Å².